The summed E-state index contributed by atoms with van der Waals surface area (Å²) in [6.45, 7) is 0.598. The Morgan fingerprint density at radius 1 is 1.25 bits per heavy atom. The molecule has 7 nitrogen and oxygen atoms in total. The van der Waals surface area contributed by atoms with Crippen LogP contribution in [-0.2, 0) is 12.3 Å². The summed E-state index contributed by atoms with van der Waals surface area (Å²) in [6, 6.07) is 8.82. The van der Waals surface area contributed by atoms with Gasteiger partial charge in [0.25, 0.3) is 5.56 Å². The molecule has 0 atom stereocenters. The number of aromatic nitrogens is 5. The molecule has 9 heteroatoms. The van der Waals surface area contributed by atoms with Crippen molar-refractivity contribution in [2.75, 3.05) is 0 Å². The number of pyridine rings is 1. The van der Waals surface area contributed by atoms with Gasteiger partial charge in [0.1, 0.15) is 17.2 Å². The van der Waals surface area contributed by atoms with Crippen molar-refractivity contribution in [3.05, 3.63) is 75.4 Å². The molecule has 4 aromatic heterocycles. The number of furan rings is 1. The van der Waals surface area contributed by atoms with Gasteiger partial charge in [-0.1, -0.05) is 23.4 Å². The molecule has 4 heterocycles. The second-order valence-electron chi connectivity index (χ2n) is 6.73. The maximum absolute atomic E-state index is 12.4. The van der Waals surface area contributed by atoms with Crippen LogP contribution in [0.25, 0.3) is 5.65 Å². The van der Waals surface area contributed by atoms with Gasteiger partial charge in [-0.15, -0.1) is 10.2 Å². The fraction of sp³-hybridized carbons (Fsp3) is 0.263. The Morgan fingerprint density at radius 2 is 2.14 bits per heavy atom. The number of halogens is 1. The van der Waals surface area contributed by atoms with E-state index in [1.54, 1.807) is 24.6 Å². The Kier molecular flexibility index (Phi) is 4.44. The predicted octanol–water partition coefficient (Wildman–Crippen LogP) is 3.75. The molecule has 4 aromatic rings. The normalized spacial score (nSPS) is 14.0. The van der Waals surface area contributed by atoms with Gasteiger partial charge in [-0.2, -0.15) is 0 Å². The first-order valence-electron chi connectivity index (χ1n) is 8.93. The Balaban J connectivity index is 1.41. The van der Waals surface area contributed by atoms with E-state index in [0.29, 0.717) is 34.6 Å². The van der Waals surface area contributed by atoms with Crippen LogP contribution in [-0.4, -0.2) is 24.1 Å². The van der Waals surface area contributed by atoms with Gasteiger partial charge in [0.2, 0.25) is 0 Å². The molecule has 0 bridgehead atoms. The highest BCUT2D eigenvalue weighted by molar-refractivity contribution is 7.98. The van der Waals surface area contributed by atoms with Crippen LogP contribution in [0.4, 0.5) is 0 Å². The molecule has 0 aliphatic heterocycles. The lowest BCUT2D eigenvalue weighted by Crippen LogP contribution is -2.15. The summed E-state index contributed by atoms with van der Waals surface area (Å²) in [5.41, 5.74) is 1.11. The minimum atomic E-state index is -0.154. The topological polar surface area (TPSA) is 78.2 Å². The maximum Gasteiger partial charge on any atom is 0.258 e. The van der Waals surface area contributed by atoms with Crippen LogP contribution in [0.1, 0.15) is 36.0 Å². The van der Waals surface area contributed by atoms with Gasteiger partial charge in [-0.05, 0) is 37.1 Å². The quantitative estimate of drug-likeness (QED) is 0.448. The Labute approximate surface area is 169 Å². The molecule has 142 valence electrons. The van der Waals surface area contributed by atoms with Crippen molar-refractivity contribution in [3.8, 4) is 0 Å². The van der Waals surface area contributed by atoms with Crippen LogP contribution in [0.15, 0.2) is 57.2 Å². The Morgan fingerprint density at radius 3 is 2.93 bits per heavy atom. The first-order valence-corrected chi connectivity index (χ1v) is 10.3. The van der Waals surface area contributed by atoms with Crippen molar-refractivity contribution in [2.45, 2.75) is 36.2 Å². The van der Waals surface area contributed by atoms with Crippen LogP contribution in [0.5, 0.6) is 0 Å². The number of nitrogens with zero attached hydrogens (tertiary/aromatic N) is 5. The van der Waals surface area contributed by atoms with Gasteiger partial charge in [-0.3, -0.25) is 13.8 Å². The molecule has 1 aliphatic carbocycles. The van der Waals surface area contributed by atoms with E-state index in [-0.39, 0.29) is 5.56 Å². The number of fused-ring (bicyclic) bond motifs is 1. The molecule has 0 radical (unpaired) electrons. The van der Waals surface area contributed by atoms with E-state index in [1.165, 1.54) is 22.2 Å². The highest BCUT2D eigenvalue weighted by Gasteiger charge is 2.30. The van der Waals surface area contributed by atoms with Gasteiger partial charge >= 0.3 is 0 Å². The monoisotopic (exact) mass is 413 g/mol. The van der Waals surface area contributed by atoms with E-state index in [4.69, 9.17) is 16.0 Å². The first kappa shape index (κ1) is 17.5. The van der Waals surface area contributed by atoms with Gasteiger partial charge in [0, 0.05) is 23.9 Å². The molecular weight excluding hydrogens is 398 g/mol. The molecule has 0 aromatic carbocycles. The molecule has 1 fully saturated rings. The predicted molar refractivity (Wildman–Crippen MR) is 106 cm³/mol. The lowest BCUT2D eigenvalue weighted by atomic mass is 10.3. The molecule has 1 saturated carbocycles. The lowest BCUT2D eigenvalue weighted by molar-refractivity contribution is 0.478. The fourth-order valence-corrected chi connectivity index (χ4v) is 4.09. The molecule has 0 saturated heterocycles. The second kappa shape index (κ2) is 7.10. The number of hydrogen-bond acceptors (Lipinski definition) is 6. The highest BCUT2D eigenvalue weighted by Crippen LogP contribution is 2.40. The van der Waals surface area contributed by atoms with E-state index >= 15 is 0 Å². The third kappa shape index (κ3) is 3.45. The average Bonchev–Trinajstić information content (AvgIpc) is 3.25. The second-order valence-corrected chi connectivity index (χ2v) is 8.11. The zero-order valence-corrected chi connectivity index (χ0v) is 16.4. The van der Waals surface area contributed by atoms with Crippen molar-refractivity contribution in [1.82, 2.24) is 24.1 Å². The van der Waals surface area contributed by atoms with Crippen molar-refractivity contribution >= 4 is 29.0 Å². The summed E-state index contributed by atoms with van der Waals surface area (Å²) in [4.78, 5) is 16.9. The van der Waals surface area contributed by atoms with Gasteiger partial charge in [0.15, 0.2) is 5.16 Å². The van der Waals surface area contributed by atoms with Crippen LogP contribution in [0.3, 0.4) is 0 Å². The Bertz CT molecular complexity index is 1200. The summed E-state index contributed by atoms with van der Waals surface area (Å²) >= 11 is 7.48. The van der Waals surface area contributed by atoms with Gasteiger partial charge in [-0.25, -0.2) is 4.98 Å². The Hall–Kier alpha value is -2.58. The van der Waals surface area contributed by atoms with Crippen molar-refractivity contribution in [1.29, 1.82) is 0 Å². The third-order valence-electron chi connectivity index (χ3n) is 4.61. The van der Waals surface area contributed by atoms with Crippen molar-refractivity contribution < 1.29 is 4.42 Å². The minimum Gasteiger partial charge on any atom is -0.467 e. The average molecular weight is 414 g/mol. The molecule has 1 aliphatic rings. The highest BCUT2D eigenvalue weighted by atomic mass is 35.5. The van der Waals surface area contributed by atoms with Crippen molar-refractivity contribution in [3.63, 3.8) is 0 Å². The standard InChI is InChI=1S/C19H16ClN5O2S/c20-13-5-6-16-21-14(8-17(26)24(16)9-13)11-28-19-23-22-18(12-3-4-12)25(19)10-15-2-1-7-27-15/h1-2,5-9,12H,3-4,10-11H2. The lowest BCUT2D eigenvalue weighted by Gasteiger charge is -2.08. The number of thioether (sulfide) groups is 1. The minimum absolute atomic E-state index is 0.154. The SMILES string of the molecule is O=c1cc(CSc2nnc(C3CC3)n2Cc2ccco2)nc2ccc(Cl)cn12. The zero-order chi connectivity index (χ0) is 19.1. The molecule has 0 spiro atoms. The van der Waals surface area contributed by atoms with Crippen LogP contribution in [0.2, 0.25) is 5.02 Å². The van der Waals surface area contributed by atoms with Crippen molar-refractivity contribution in [2.24, 2.45) is 0 Å². The summed E-state index contributed by atoms with van der Waals surface area (Å²) in [7, 11) is 0. The summed E-state index contributed by atoms with van der Waals surface area (Å²) in [6.07, 6.45) is 5.53. The third-order valence-corrected chi connectivity index (χ3v) is 5.83. The smallest absolute Gasteiger partial charge is 0.258 e. The number of hydrogen-bond donors (Lipinski definition) is 0. The van der Waals surface area contributed by atoms with E-state index in [1.807, 2.05) is 12.1 Å². The number of rotatable bonds is 6. The molecule has 28 heavy (non-hydrogen) atoms. The van der Waals surface area contributed by atoms with E-state index in [9.17, 15) is 4.79 Å². The molecule has 0 amide bonds. The largest absolute Gasteiger partial charge is 0.467 e. The van der Waals surface area contributed by atoms with Crippen LogP contribution < -0.4 is 5.56 Å². The van der Waals surface area contributed by atoms with E-state index in [0.717, 1.165) is 29.6 Å². The molecular formula is C19H16ClN5O2S. The summed E-state index contributed by atoms with van der Waals surface area (Å²) < 4.78 is 9.05. The van der Waals surface area contributed by atoms with Gasteiger partial charge in [0.05, 0.1) is 23.5 Å². The summed E-state index contributed by atoms with van der Waals surface area (Å²) in [5.74, 6) is 2.86. The zero-order valence-electron chi connectivity index (χ0n) is 14.8. The van der Waals surface area contributed by atoms with Gasteiger partial charge < -0.3 is 4.42 Å². The first-order chi connectivity index (χ1) is 13.7. The molecule has 5 rings (SSSR count). The van der Waals surface area contributed by atoms with E-state index in [2.05, 4.69) is 19.7 Å². The van der Waals surface area contributed by atoms with Crippen LogP contribution in [0, 0.1) is 0 Å². The molecule has 0 N–H and O–H groups in total. The maximum atomic E-state index is 12.4. The fourth-order valence-electron chi connectivity index (χ4n) is 3.10. The summed E-state index contributed by atoms with van der Waals surface area (Å²) in [5, 5.41) is 10.1. The van der Waals surface area contributed by atoms with Crippen LogP contribution >= 0.6 is 23.4 Å². The molecule has 0 unspecified atom stereocenters. The van der Waals surface area contributed by atoms with E-state index < -0.39 is 0 Å².